The topological polar surface area (TPSA) is 67.8 Å². The molecule has 5 nitrogen and oxygen atoms in total. The number of aromatic nitrogens is 3. The van der Waals surface area contributed by atoms with E-state index < -0.39 is 0 Å². The lowest BCUT2D eigenvalue weighted by Crippen LogP contribution is -2.09. The van der Waals surface area contributed by atoms with Gasteiger partial charge in [0.25, 0.3) is 10.7 Å². The molecule has 0 aliphatic heterocycles. The predicted octanol–water partition coefficient (Wildman–Crippen LogP) is 2.68. The monoisotopic (exact) mass is 225 g/mol. The highest BCUT2D eigenvalue weighted by Gasteiger charge is 2.21. The predicted molar refractivity (Wildman–Crippen MR) is 55.9 cm³/mol. The lowest BCUT2D eigenvalue weighted by Gasteiger charge is -2.11. The van der Waals surface area contributed by atoms with Gasteiger partial charge in [0.1, 0.15) is 5.76 Å². The van der Waals surface area contributed by atoms with Gasteiger partial charge in [-0.05, 0) is 12.2 Å². The Balaban J connectivity index is 2.40. The maximum atomic E-state index is 5.19. The molecule has 0 spiro atoms. The summed E-state index contributed by atoms with van der Waals surface area (Å²) in [6.07, 6.45) is 0. The first-order valence-electron chi connectivity index (χ1n) is 4.50. The van der Waals surface area contributed by atoms with E-state index in [0.717, 1.165) is 5.76 Å². The number of hydrogen-bond acceptors (Lipinski definition) is 5. The van der Waals surface area contributed by atoms with Crippen molar-refractivity contribution in [1.82, 2.24) is 15.4 Å². The van der Waals surface area contributed by atoms with Crippen LogP contribution in [0.15, 0.2) is 15.0 Å². The van der Waals surface area contributed by atoms with E-state index >= 15 is 0 Å². The summed E-state index contributed by atoms with van der Waals surface area (Å²) in [4.78, 5) is 0.227. The Kier molecular flexibility index (Phi) is 2.22. The van der Waals surface area contributed by atoms with Crippen LogP contribution in [0, 0.1) is 4.84 Å². The molecule has 0 aromatic carbocycles. The molecule has 2 rings (SSSR count). The minimum atomic E-state index is -0.0850. The number of rotatable bonds is 1. The molecule has 0 aliphatic rings. The highest BCUT2D eigenvalue weighted by Crippen LogP contribution is 2.26. The van der Waals surface area contributed by atoms with Crippen LogP contribution in [0.3, 0.4) is 0 Å². The van der Waals surface area contributed by atoms with Gasteiger partial charge in [-0.3, -0.25) is 0 Å². The van der Waals surface area contributed by atoms with Crippen LogP contribution in [0.2, 0.25) is 0 Å². The van der Waals surface area contributed by atoms with Crippen LogP contribution in [-0.4, -0.2) is 15.4 Å². The van der Waals surface area contributed by atoms with Crippen molar-refractivity contribution in [3.63, 3.8) is 0 Å². The van der Waals surface area contributed by atoms with Crippen molar-refractivity contribution >= 4 is 12.2 Å². The van der Waals surface area contributed by atoms with Crippen LogP contribution in [0.25, 0.3) is 11.6 Å². The van der Waals surface area contributed by atoms with E-state index in [1.165, 1.54) is 0 Å². The molecule has 0 saturated heterocycles. The summed E-state index contributed by atoms with van der Waals surface area (Å²) < 4.78 is 10.3. The van der Waals surface area contributed by atoms with Gasteiger partial charge >= 0.3 is 0 Å². The van der Waals surface area contributed by atoms with E-state index in [0.29, 0.717) is 11.6 Å². The van der Waals surface area contributed by atoms with Gasteiger partial charge in [0.15, 0.2) is 5.69 Å². The van der Waals surface area contributed by atoms with E-state index in [-0.39, 0.29) is 10.3 Å². The number of nitrogens with one attached hydrogen (secondary N) is 1. The first-order valence-corrected chi connectivity index (χ1v) is 4.91. The zero-order chi connectivity index (χ0) is 11.1. The fourth-order valence-corrected chi connectivity index (χ4v) is 1.19. The van der Waals surface area contributed by atoms with Crippen molar-refractivity contribution in [3.05, 3.63) is 16.7 Å². The van der Waals surface area contributed by atoms with Crippen LogP contribution < -0.4 is 0 Å². The fraction of sp³-hybridized carbons (Fsp3) is 0.444. The Morgan fingerprint density at radius 1 is 1.40 bits per heavy atom. The molecule has 0 unspecified atom stereocenters. The molecule has 6 heteroatoms. The second kappa shape index (κ2) is 3.30. The molecule has 0 aliphatic carbocycles. The van der Waals surface area contributed by atoms with E-state index in [2.05, 4.69) is 15.4 Å². The Bertz CT molecular complexity index is 518. The van der Waals surface area contributed by atoms with Crippen molar-refractivity contribution in [2.45, 2.75) is 26.2 Å². The zero-order valence-corrected chi connectivity index (χ0v) is 9.51. The van der Waals surface area contributed by atoms with Crippen molar-refractivity contribution in [3.8, 4) is 11.6 Å². The van der Waals surface area contributed by atoms with Gasteiger partial charge in [0.2, 0.25) is 0 Å². The van der Waals surface area contributed by atoms with Crippen molar-refractivity contribution < 1.29 is 8.94 Å². The summed E-state index contributed by atoms with van der Waals surface area (Å²) in [6, 6.07) is 1.80. The molecule has 0 fully saturated rings. The van der Waals surface area contributed by atoms with Gasteiger partial charge in [-0.25, -0.2) is 5.10 Å². The molecule has 0 atom stereocenters. The molecule has 80 valence electrons. The largest absolute Gasteiger partial charge is 0.408 e. The maximum absolute atomic E-state index is 5.19. The number of aromatic amines is 1. The van der Waals surface area contributed by atoms with E-state index in [1.54, 1.807) is 6.07 Å². The summed E-state index contributed by atoms with van der Waals surface area (Å²) in [5.41, 5.74) is 0.463. The average Bonchev–Trinajstić information content (AvgIpc) is 2.69. The van der Waals surface area contributed by atoms with Crippen LogP contribution in [-0.2, 0) is 5.41 Å². The van der Waals surface area contributed by atoms with Gasteiger partial charge in [-0.2, -0.15) is 0 Å². The second-order valence-corrected chi connectivity index (χ2v) is 4.62. The third kappa shape index (κ3) is 1.99. The quantitative estimate of drug-likeness (QED) is 0.756. The Hall–Kier alpha value is -1.43. The Labute approximate surface area is 91.5 Å². The van der Waals surface area contributed by atoms with Crippen LogP contribution in [0.5, 0.6) is 0 Å². The minimum absolute atomic E-state index is 0.0850. The summed E-state index contributed by atoms with van der Waals surface area (Å²) >= 11 is 4.77. The number of H-pyrrole nitrogens is 1. The van der Waals surface area contributed by atoms with E-state index in [4.69, 9.17) is 21.2 Å². The van der Waals surface area contributed by atoms with Gasteiger partial charge in [-0.15, -0.1) is 5.10 Å². The smallest absolute Gasteiger partial charge is 0.284 e. The minimum Gasteiger partial charge on any atom is -0.408 e. The molecular formula is C9H11N3O2S. The van der Waals surface area contributed by atoms with Crippen LogP contribution in [0.4, 0.5) is 0 Å². The standard InChI is InChI=1S/C9H11N3O2S/c1-9(2,3)6-4-5(12-14-6)7-10-11-8(15)13-7/h4H,1-3H3,(H,11,15). The van der Waals surface area contributed by atoms with E-state index in [9.17, 15) is 0 Å². The zero-order valence-electron chi connectivity index (χ0n) is 8.70. The Morgan fingerprint density at radius 3 is 2.60 bits per heavy atom. The van der Waals surface area contributed by atoms with E-state index in [1.807, 2.05) is 20.8 Å². The SMILES string of the molecule is CC(C)(C)c1cc(-c2n[nH]c(=S)o2)no1. The third-order valence-electron chi connectivity index (χ3n) is 1.91. The van der Waals surface area contributed by atoms with Crippen LogP contribution >= 0.6 is 12.2 Å². The number of nitrogens with zero attached hydrogens (tertiary/aromatic N) is 2. The maximum Gasteiger partial charge on any atom is 0.284 e. The second-order valence-electron chi connectivity index (χ2n) is 4.24. The lowest BCUT2D eigenvalue weighted by atomic mass is 9.93. The molecule has 2 aromatic rings. The first kappa shape index (κ1) is 10.1. The molecule has 2 heterocycles. The molecule has 0 radical (unpaired) electrons. The average molecular weight is 225 g/mol. The molecule has 0 saturated carbocycles. The molecule has 1 N–H and O–H groups in total. The highest BCUT2D eigenvalue weighted by molar-refractivity contribution is 7.71. The Morgan fingerprint density at radius 2 is 2.13 bits per heavy atom. The lowest BCUT2D eigenvalue weighted by molar-refractivity contribution is 0.329. The highest BCUT2D eigenvalue weighted by atomic mass is 32.1. The van der Waals surface area contributed by atoms with Crippen molar-refractivity contribution in [2.75, 3.05) is 0 Å². The molecule has 2 aromatic heterocycles. The molecule has 0 amide bonds. The van der Waals surface area contributed by atoms with Gasteiger partial charge in [0, 0.05) is 11.5 Å². The fourth-order valence-electron chi connectivity index (χ4n) is 1.07. The molecule has 15 heavy (non-hydrogen) atoms. The van der Waals surface area contributed by atoms with Crippen molar-refractivity contribution in [2.24, 2.45) is 0 Å². The summed E-state index contributed by atoms with van der Waals surface area (Å²) in [6.45, 7) is 6.12. The summed E-state index contributed by atoms with van der Waals surface area (Å²) in [7, 11) is 0. The molecular weight excluding hydrogens is 214 g/mol. The first-order chi connectivity index (χ1) is 6.97. The third-order valence-corrected chi connectivity index (χ3v) is 2.08. The number of hydrogen-bond donors (Lipinski definition) is 1. The van der Waals surface area contributed by atoms with Crippen LogP contribution in [0.1, 0.15) is 26.5 Å². The summed E-state index contributed by atoms with van der Waals surface area (Å²) in [5, 5.41) is 10.3. The van der Waals surface area contributed by atoms with Gasteiger partial charge in [-0.1, -0.05) is 25.9 Å². The normalized spacial score (nSPS) is 11.9. The molecule has 0 bridgehead atoms. The van der Waals surface area contributed by atoms with Crippen molar-refractivity contribution in [1.29, 1.82) is 0 Å². The summed E-state index contributed by atoms with van der Waals surface area (Å²) in [5.74, 6) is 1.13. The van der Waals surface area contributed by atoms with Gasteiger partial charge in [0.05, 0.1) is 0 Å². The van der Waals surface area contributed by atoms with Gasteiger partial charge < -0.3 is 8.94 Å².